The zero-order chi connectivity index (χ0) is 15.0. The number of hydrogen-bond acceptors (Lipinski definition) is 3. The molecule has 0 bridgehead atoms. The quantitative estimate of drug-likeness (QED) is 0.634. The van der Waals surface area contributed by atoms with E-state index in [4.69, 9.17) is 10.8 Å². The van der Waals surface area contributed by atoms with Gasteiger partial charge >= 0.3 is 5.97 Å². The maximum absolute atomic E-state index is 10.6. The van der Waals surface area contributed by atoms with Crippen LogP contribution in [0.25, 0.3) is 0 Å². The van der Waals surface area contributed by atoms with Gasteiger partial charge in [0.2, 0.25) is 0 Å². The number of aliphatic hydroxyl groups is 1. The standard InChI is InChI=1S/C16H23NO3/c1-2-12-8-10-13(11-9-12)6-4-3-5-7-14(18)15(17)16(19)20/h3-4,8-11,14-15,18H,2,5-7,17H2,1H3,(H,19,20)/b4-3+. The van der Waals surface area contributed by atoms with Crippen molar-refractivity contribution >= 4 is 5.97 Å². The van der Waals surface area contributed by atoms with E-state index in [-0.39, 0.29) is 0 Å². The number of allylic oxidation sites excluding steroid dienone is 2. The summed E-state index contributed by atoms with van der Waals surface area (Å²) in [4.78, 5) is 10.6. The predicted molar refractivity (Wildman–Crippen MR) is 79.5 cm³/mol. The van der Waals surface area contributed by atoms with Crippen LogP contribution in [0.4, 0.5) is 0 Å². The van der Waals surface area contributed by atoms with Crippen LogP contribution in [0, 0.1) is 0 Å². The lowest BCUT2D eigenvalue weighted by atomic mass is 10.1. The Morgan fingerprint density at radius 3 is 2.40 bits per heavy atom. The largest absolute Gasteiger partial charge is 0.480 e. The topological polar surface area (TPSA) is 83.5 Å². The van der Waals surface area contributed by atoms with Crippen LogP contribution in [0.5, 0.6) is 0 Å². The average molecular weight is 277 g/mol. The van der Waals surface area contributed by atoms with Gasteiger partial charge in [-0.2, -0.15) is 0 Å². The second-order valence-electron chi connectivity index (χ2n) is 4.85. The molecule has 0 aliphatic heterocycles. The molecule has 0 radical (unpaired) electrons. The molecule has 2 unspecified atom stereocenters. The van der Waals surface area contributed by atoms with E-state index in [1.54, 1.807) is 0 Å². The third kappa shape index (κ3) is 5.55. The lowest BCUT2D eigenvalue weighted by Crippen LogP contribution is -2.41. The summed E-state index contributed by atoms with van der Waals surface area (Å²) >= 11 is 0. The molecule has 0 spiro atoms. The van der Waals surface area contributed by atoms with Gasteiger partial charge in [0.05, 0.1) is 6.10 Å². The molecule has 4 N–H and O–H groups in total. The van der Waals surface area contributed by atoms with Gasteiger partial charge in [-0.15, -0.1) is 0 Å². The van der Waals surface area contributed by atoms with Crippen molar-refractivity contribution in [1.29, 1.82) is 0 Å². The number of aliphatic carboxylic acids is 1. The summed E-state index contributed by atoms with van der Waals surface area (Å²) in [6.07, 6.45) is 5.84. The van der Waals surface area contributed by atoms with Gasteiger partial charge in [-0.1, -0.05) is 43.3 Å². The summed E-state index contributed by atoms with van der Waals surface area (Å²) in [6.45, 7) is 2.13. The monoisotopic (exact) mass is 277 g/mol. The molecule has 0 heterocycles. The van der Waals surface area contributed by atoms with Gasteiger partial charge in [-0.05, 0) is 36.8 Å². The van der Waals surface area contributed by atoms with Crippen LogP contribution >= 0.6 is 0 Å². The number of aryl methyl sites for hydroxylation is 1. The molecule has 0 saturated heterocycles. The SMILES string of the molecule is CCc1ccc(C/C=C/CCC(O)C(N)C(=O)O)cc1. The lowest BCUT2D eigenvalue weighted by Gasteiger charge is -2.13. The number of carbonyl (C=O) groups is 1. The van der Waals surface area contributed by atoms with Gasteiger partial charge in [-0.25, -0.2) is 0 Å². The molecular weight excluding hydrogens is 254 g/mol. The Balaban J connectivity index is 2.29. The first kappa shape index (κ1) is 16.4. The molecule has 0 fully saturated rings. The number of carboxylic acids is 1. The Morgan fingerprint density at radius 1 is 1.25 bits per heavy atom. The van der Waals surface area contributed by atoms with Crippen LogP contribution in [-0.2, 0) is 17.6 Å². The second-order valence-corrected chi connectivity index (χ2v) is 4.85. The minimum atomic E-state index is -1.20. The smallest absolute Gasteiger partial charge is 0.323 e. The summed E-state index contributed by atoms with van der Waals surface area (Å²) in [6, 6.07) is 7.26. The fourth-order valence-electron chi connectivity index (χ4n) is 1.86. The normalized spacial score (nSPS) is 14.3. The van der Waals surface area contributed by atoms with Crippen molar-refractivity contribution in [2.75, 3.05) is 0 Å². The number of aliphatic hydroxyl groups excluding tert-OH is 1. The molecule has 110 valence electrons. The van der Waals surface area contributed by atoms with E-state index in [1.807, 2.05) is 12.2 Å². The molecule has 1 rings (SSSR count). The Hall–Kier alpha value is -1.65. The van der Waals surface area contributed by atoms with Gasteiger partial charge in [0.15, 0.2) is 0 Å². The number of nitrogens with two attached hydrogens (primary N) is 1. The highest BCUT2D eigenvalue weighted by Gasteiger charge is 2.20. The van der Waals surface area contributed by atoms with Crippen molar-refractivity contribution in [3.8, 4) is 0 Å². The molecule has 20 heavy (non-hydrogen) atoms. The maximum Gasteiger partial charge on any atom is 0.323 e. The number of rotatable bonds is 8. The number of hydrogen-bond donors (Lipinski definition) is 3. The molecule has 0 aliphatic rings. The first-order valence-corrected chi connectivity index (χ1v) is 6.93. The van der Waals surface area contributed by atoms with Gasteiger partial charge in [-0.3, -0.25) is 4.79 Å². The third-order valence-electron chi connectivity index (χ3n) is 3.28. The molecule has 4 nitrogen and oxygen atoms in total. The number of benzene rings is 1. The average Bonchev–Trinajstić information content (AvgIpc) is 2.46. The van der Waals surface area contributed by atoms with Gasteiger partial charge < -0.3 is 15.9 Å². The molecule has 0 saturated carbocycles. The predicted octanol–water partition coefficient (Wildman–Crippen LogP) is 1.90. The van der Waals surface area contributed by atoms with Crippen molar-refractivity contribution in [2.45, 2.75) is 44.8 Å². The van der Waals surface area contributed by atoms with Crippen LogP contribution in [0.15, 0.2) is 36.4 Å². The third-order valence-corrected chi connectivity index (χ3v) is 3.28. The Kier molecular flexibility index (Phi) is 6.98. The van der Waals surface area contributed by atoms with Gasteiger partial charge in [0.25, 0.3) is 0 Å². The zero-order valence-electron chi connectivity index (χ0n) is 11.8. The van der Waals surface area contributed by atoms with E-state index in [0.717, 1.165) is 12.8 Å². The first-order chi connectivity index (χ1) is 9.54. The van der Waals surface area contributed by atoms with Crippen LogP contribution in [0.1, 0.15) is 30.9 Å². The highest BCUT2D eigenvalue weighted by Crippen LogP contribution is 2.07. The van der Waals surface area contributed by atoms with Crippen molar-refractivity contribution in [3.63, 3.8) is 0 Å². The van der Waals surface area contributed by atoms with Crippen molar-refractivity contribution in [1.82, 2.24) is 0 Å². The first-order valence-electron chi connectivity index (χ1n) is 6.93. The van der Waals surface area contributed by atoms with Crippen molar-refractivity contribution < 1.29 is 15.0 Å². The van der Waals surface area contributed by atoms with E-state index in [2.05, 4.69) is 31.2 Å². The van der Waals surface area contributed by atoms with E-state index in [1.165, 1.54) is 11.1 Å². The minimum Gasteiger partial charge on any atom is -0.480 e. The highest BCUT2D eigenvalue weighted by molar-refractivity contribution is 5.73. The Morgan fingerprint density at radius 2 is 1.85 bits per heavy atom. The van der Waals surface area contributed by atoms with Crippen molar-refractivity contribution in [2.24, 2.45) is 5.73 Å². The Labute approximate surface area is 119 Å². The number of carboxylic acid groups (broad SMARTS) is 1. The minimum absolute atomic E-state index is 0.360. The summed E-state index contributed by atoms with van der Waals surface area (Å²) in [5, 5.41) is 18.2. The van der Waals surface area contributed by atoms with E-state index in [0.29, 0.717) is 12.8 Å². The molecule has 2 atom stereocenters. The summed E-state index contributed by atoms with van der Waals surface area (Å²) < 4.78 is 0. The molecule has 4 heteroatoms. The maximum atomic E-state index is 10.6. The molecular formula is C16H23NO3. The van der Waals surface area contributed by atoms with Crippen molar-refractivity contribution in [3.05, 3.63) is 47.5 Å². The lowest BCUT2D eigenvalue weighted by molar-refractivity contribution is -0.141. The van der Waals surface area contributed by atoms with E-state index >= 15 is 0 Å². The molecule has 1 aromatic carbocycles. The van der Waals surface area contributed by atoms with E-state index in [9.17, 15) is 9.90 Å². The summed E-state index contributed by atoms with van der Waals surface area (Å²) in [5.74, 6) is -1.17. The zero-order valence-corrected chi connectivity index (χ0v) is 11.8. The van der Waals surface area contributed by atoms with Gasteiger partial charge in [0.1, 0.15) is 6.04 Å². The molecule has 1 aromatic rings. The summed E-state index contributed by atoms with van der Waals surface area (Å²) in [7, 11) is 0. The van der Waals surface area contributed by atoms with Gasteiger partial charge in [0, 0.05) is 0 Å². The van der Waals surface area contributed by atoms with Crippen LogP contribution in [0.3, 0.4) is 0 Å². The summed E-state index contributed by atoms with van der Waals surface area (Å²) in [5.41, 5.74) is 7.88. The Bertz CT molecular complexity index is 440. The van der Waals surface area contributed by atoms with Crippen LogP contribution in [-0.4, -0.2) is 28.3 Å². The molecule has 0 amide bonds. The highest BCUT2D eigenvalue weighted by atomic mass is 16.4. The fourth-order valence-corrected chi connectivity index (χ4v) is 1.86. The molecule has 0 aliphatic carbocycles. The fraction of sp³-hybridized carbons (Fsp3) is 0.438. The molecule has 0 aromatic heterocycles. The van der Waals surface area contributed by atoms with Crippen LogP contribution in [0.2, 0.25) is 0 Å². The second kappa shape index (κ2) is 8.51. The van der Waals surface area contributed by atoms with Crippen LogP contribution < -0.4 is 5.73 Å². The van der Waals surface area contributed by atoms with E-state index < -0.39 is 18.1 Å².